The molecule has 1 aromatic heterocycles. The number of nitrogen functional groups attached to an aromatic ring is 1. The third-order valence-corrected chi connectivity index (χ3v) is 3.61. The molecule has 2 aromatic rings. The average Bonchev–Trinajstić information content (AvgIpc) is 2.31. The normalized spacial score (nSPS) is 10.6. The number of aryl methyl sites for hydroxylation is 2. The molecule has 6 heteroatoms. The topological polar surface area (TPSA) is 76.2 Å². The molecule has 0 unspecified atom stereocenters. The van der Waals surface area contributed by atoms with Gasteiger partial charge in [0.15, 0.2) is 0 Å². The Morgan fingerprint density at radius 3 is 2.60 bits per heavy atom. The maximum absolute atomic E-state index is 13.7. The van der Waals surface area contributed by atoms with Gasteiger partial charge in [0.05, 0.1) is 5.56 Å². The third kappa shape index (κ3) is 3.08. The van der Waals surface area contributed by atoms with E-state index in [1.54, 1.807) is 0 Å². The Bertz CT molecular complexity index is 669. The highest BCUT2D eigenvalue weighted by Gasteiger charge is 2.14. The van der Waals surface area contributed by atoms with Gasteiger partial charge in [0.1, 0.15) is 10.8 Å². The lowest BCUT2D eigenvalue weighted by molar-refractivity contribution is 0.0692. The first kappa shape index (κ1) is 14.3. The van der Waals surface area contributed by atoms with E-state index in [9.17, 15) is 9.18 Å². The van der Waals surface area contributed by atoms with Crippen LogP contribution in [0.5, 0.6) is 0 Å². The number of anilines is 1. The van der Waals surface area contributed by atoms with E-state index in [-0.39, 0.29) is 5.69 Å². The van der Waals surface area contributed by atoms with Gasteiger partial charge in [-0.25, -0.2) is 14.2 Å². The van der Waals surface area contributed by atoms with Crippen molar-refractivity contribution in [2.45, 2.75) is 23.8 Å². The van der Waals surface area contributed by atoms with Crippen molar-refractivity contribution >= 4 is 23.4 Å². The third-order valence-electron chi connectivity index (χ3n) is 2.62. The standard InChI is InChI=1S/C14H13FN2O2S/c1-7-3-8(2)17-13(4-7)20-12-6-10(15)9(14(18)19)5-11(12)16/h3-6H,16H2,1-2H3,(H,18,19). The van der Waals surface area contributed by atoms with Gasteiger partial charge in [-0.3, -0.25) is 0 Å². The lowest BCUT2D eigenvalue weighted by Crippen LogP contribution is -2.03. The van der Waals surface area contributed by atoms with Crippen LogP contribution in [0.1, 0.15) is 21.6 Å². The number of aromatic carboxylic acids is 1. The van der Waals surface area contributed by atoms with E-state index >= 15 is 0 Å². The summed E-state index contributed by atoms with van der Waals surface area (Å²) in [7, 11) is 0. The Kier molecular flexibility index (Phi) is 3.94. The molecule has 3 N–H and O–H groups in total. The van der Waals surface area contributed by atoms with E-state index in [4.69, 9.17) is 10.8 Å². The fraction of sp³-hybridized carbons (Fsp3) is 0.143. The summed E-state index contributed by atoms with van der Waals surface area (Å²) in [6.45, 7) is 3.81. The molecule has 0 aliphatic rings. The number of benzene rings is 1. The molecule has 104 valence electrons. The summed E-state index contributed by atoms with van der Waals surface area (Å²) in [5.74, 6) is -2.14. The van der Waals surface area contributed by atoms with Gasteiger partial charge in [-0.05, 0) is 43.7 Å². The van der Waals surface area contributed by atoms with Gasteiger partial charge in [0.25, 0.3) is 0 Å². The summed E-state index contributed by atoms with van der Waals surface area (Å²) >= 11 is 1.21. The fourth-order valence-corrected chi connectivity index (χ4v) is 2.79. The van der Waals surface area contributed by atoms with Crippen molar-refractivity contribution in [3.8, 4) is 0 Å². The first-order valence-corrected chi connectivity index (χ1v) is 6.64. The molecule has 0 saturated carbocycles. The minimum absolute atomic E-state index is 0.217. The van der Waals surface area contributed by atoms with Crippen molar-refractivity contribution in [1.29, 1.82) is 0 Å². The zero-order valence-corrected chi connectivity index (χ0v) is 11.8. The molecular formula is C14H13FN2O2S. The van der Waals surface area contributed by atoms with Gasteiger partial charge in [-0.1, -0.05) is 11.8 Å². The van der Waals surface area contributed by atoms with E-state index in [1.807, 2.05) is 26.0 Å². The fourth-order valence-electron chi connectivity index (χ4n) is 1.79. The Balaban J connectivity index is 2.39. The van der Waals surface area contributed by atoms with Crippen LogP contribution < -0.4 is 5.73 Å². The van der Waals surface area contributed by atoms with Crippen LogP contribution in [0.4, 0.5) is 10.1 Å². The van der Waals surface area contributed by atoms with E-state index in [2.05, 4.69) is 4.98 Å². The molecule has 2 rings (SSSR count). The number of hydrogen-bond acceptors (Lipinski definition) is 4. The van der Waals surface area contributed by atoms with Crippen LogP contribution in [0, 0.1) is 19.7 Å². The molecule has 0 amide bonds. The second-order valence-corrected chi connectivity index (χ2v) is 5.46. The Hall–Kier alpha value is -2.08. The number of nitrogens with two attached hydrogens (primary N) is 1. The number of rotatable bonds is 3. The predicted octanol–water partition coefficient (Wildman–Crippen LogP) is 3.27. The Morgan fingerprint density at radius 1 is 1.30 bits per heavy atom. The number of hydrogen-bond donors (Lipinski definition) is 2. The van der Waals surface area contributed by atoms with Gasteiger partial charge in [0, 0.05) is 16.3 Å². The van der Waals surface area contributed by atoms with Crippen molar-refractivity contribution in [1.82, 2.24) is 4.98 Å². The highest BCUT2D eigenvalue weighted by atomic mass is 32.2. The molecule has 1 heterocycles. The second kappa shape index (κ2) is 5.50. The molecule has 0 saturated heterocycles. The largest absolute Gasteiger partial charge is 0.478 e. The maximum Gasteiger partial charge on any atom is 0.338 e. The number of pyridine rings is 1. The summed E-state index contributed by atoms with van der Waals surface area (Å²) in [5, 5.41) is 9.52. The molecule has 20 heavy (non-hydrogen) atoms. The molecule has 0 fully saturated rings. The SMILES string of the molecule is Cc1cc(C)nc(Sc2cc(F)c(C(=O)O)cc2N)c1. The molecule has 4 nitrogen and oxygen atoms in total. The molecule has 0 bridgehead atoms. The summed E-state index contributed by atoms with van der Waals surface area (Å²) in [6.07, 6.45) is 0. The molecule has 0 spiro atoms. The van der Waals surface area contributed by atoms with Crippen LogP contribution in [0.25, 0.3) is 0 Å². The molecule has 0 aliphatic heterocycles. The van der Waals surface area contributed by atoms with Crippen LogP contribution in [0.15, 0.2) is 34.2 Å². The number of aromatic nitrogens is 1. The predicted molar refractivity (Wildman–Crippen MR) is 75.6 cm³/mol. The molecule has 1 aromatic carbocycles. The van der Waals surface area contributed by atoms with Gasteiger partial charge in [-0.2, -0.15) is 0 Å². The van der Waals surface area contributed by atoms with Crippen molar-refractivity contribution < 1.29 is 14.3 Å². The van der Waals surface area contributed by atoms with Crippen LogP contribution >= 0.6 is 11.8 Å². The van der Waals surface area contributed by atoms with Crippen molar-refractivity contribution in [3.05, 3.63) is 46.9 Å². The lowest BCUT2D eigenvalue weighted by atomic mass is 10.2. The minimum atomic E-state index is -1.34. The van der Waals surface area contributed by atoms with Crippen molar-refractivity contribution in [3.63, 3.8) is 0 Å². The Labute approximate surface area is 119 Å². The van der Waals surface area contributed by atoms with E-state index in [0.717, 1.165) is 23.4 Å². The van der Waals surface area contributed by atoms with Gasteiger partial charge in [-0.15, -0.1) is 0 Å². The zero-order chi connectivity index (χ0) is 14.9. The van der Waals surface area contributed by atoms with Gasteiger partial charge < -0.3 is 10.8 Å². The van der Waals surface area contributed by atoms with E-state index in [1.165, 1.54) is 11.8 Å². The highest BCUT2D eigenvalue weighted by Crippen LogP contribution is 2.33. The summed E-state index contributed by atoms with van der Waals surface area (Å²) in [5.41, 5.74) is 7.46. The number of halogens is 1. The monoisotopic (exact) mass is 292 g/mol. The Morgan fingerprint density at radius 2 is 2.00 bits per heavy atom. The van der Waals surface area contributed by atoms with Crippen molar-refractivity contribution in [2.75, 3.05) is 5.73 Å². The van der Waals surface area contributed by atoms with E-state index < -0.39 is 17.3 Å². The van der Waals surface area contributed by atoms with Gasteiger partial charge >= 0.3 is 5.97 Å². The number of carboxylic acids is 1. The second-order valence-electron chi connectivity index (χ2n) is 4.40. The molecular weight excluding hydrogens is 279 g/mol. The maximum atomic E-state index is 13.7. The molecule has 0 atom stereocenters. The molecule has 0 radical (unpaired) electrons. The quantitative estimate of drug-likeness (QED) is 0.849. The number of nitrogens with zero attached hydrogens (tertiary/aromatic N) is 1. The zero-order valence-electron chi connectivity index (χ0n) is 11.0. The summed E-state index contributed by atoms with van der Waals surface area (Å²) in [4.78, 5) is 15.6. The van der Waals surface area contributed by atoms with Crippen LogP contribution in [-0.2, 0) is 0 Å². The highest BCUT2D eigenvalue weighted by molar-refractivity contribution is 7.99. The van der Waals surface area contributed by atoms with Crippen LogP contribution in [0.3, 0.4) is 0 Å². The van der Waals surface area contributed by atoms with Crippen LogP contribution in [-0.4, -0.2) is 16.1 Å². The average molecular weight is 292 g/mol. The number of carboxylic acid groups (broad SMARTS) is 1. The first-order chi connectivity index (χ1) is 9.36. The summed E-state index contributed by atoms with van der Waals surface area (Å²) in [6, 6.07) is 6.05. The van der Waals surface area contributed by atoms with Crippen LogP contribution in [0.2, 0.25) is 0 Å². The minimum Gasteiger partial charge on any atom is -0.478 e. The van der Waals surface area contributed by atoms with Crippen molar-refractivity contribution in [2.24, 2.45) is 0 Å². The smallest absolute Gasteiger partial charge is 0.338 e. The molecule has 0 aliphatic carbocycles. The van der Waals surface area contributed by atoms with Gasteiger partial charge in [0.2, 0.25) is 0 Å². The lowest BCUT2D eigenvalue weighted by Gasteiger charge is -2.08. The number of carbonyl (C=O) groups is 1. The first-order valence-electron chi connectivity index (χ1n) is 5.82. The summed E-state index contributed by atoms with van der Waals surface area (Å²) < 4.78 is 13.7. The van der Waals surface area contributed by atoms with E-state index in [0.29, 0.717) is 9.92 Å².